The quantitative estimate of drug-likeness (QED) is 0.877. The van der Waals surface area contributed by atoms with Crippen LogP contribution in [0.3, 0.4) is 0 Å². The first-order valence-corrected chi connectivity index (χ1v) is 7.27. The standard InChI is InChI=1S/C14H20FNS/c1-3-16-13(14(2)8-5-9-17-14)11-6-4-7-12(15)10-11/h4,6-7,10,13,16H,3,5,8-9H2,1-2H3. The summed E-state index contributed by atoms with van der Waals surface area (Å²) in [5.41, 5.74) is 1.07. The molecule has 1 aromatic carbocycles. The fourth-order valence-electron chi connectivity index (χ4n) is 2.60. The van der Waals surface area contributed by atoms with Crippen molar-refractivity contribution in [2.75, 3.05) is 12.3 Å². The Balaban J connectivity index is 2.28. The van der Waals surface area contributed by atoms with Gasteiger partial charge in [0.05, 0.1) is 0 Å². The highest BCUT2D eigenvalue weighted by Crippen LogP contribution is 2.46. The van der Waals surface area contributed by atoms with Crippen molar-refractivity contribution in [3.8, 4) is 0 Å². The number of hydrogen-bond donors (Lipinski definition) is 1. The fourth-order valence-corrected chi connectivity index (χ4v) is 4.03. The first-order valence-electron chi connectivity index (χ1n) is 6.28. The van der Waals surface area contributed by atoms with Crippen LogP contribution in [-0.2, 0) is 0 Å². The Kier molecular flexibility index (Phi) is 4.10. The molecule has 1 aromatic rings. The van der Waals surface area contributed by atoms with Gasteiger partial charge >= 0.3 is 0 Å². The normalized spacial score (nSPS) is 26.1. The van der Waals surface area contributed by atoms with E-state index in [-0.39, 0.29) is 16.6 Å². The van der Waals surface area contributed by atoms with Crippen LogP contribution in [0.4, 0.5) is 4.39 Å². The molecule has 1 nitrogen and oxygen atoms in total. The van der Waals surface area contributed by atoms with Gasteiger partial charge in [-0.2, -0.15) is 11.8 Å². The second-order valence-electron chi connectivity index (χ2n) is 4.81. The summed E-state index contributed by atoms with van der Waals surface area (Å²) in [6.45, 7) is 5.31. The lowest BCUT2D eigenvalue weighted by Gasteiger charge is -2.34. The molecule has 17 heavy (non-hydrogen) atoms. The molecule has 0 spiro atoms. The Bertz CT molecular complexity index is 374. The van der Waals surface area contributed by atoms with E-state index in [9.17, 15) is 4.39 Å². The van der Waals surface area contributed by atoms with E-state index in [1.807, 2.05) is 17.8 Å². The first kappa shape index (κ1) is 12.9. The topological polar surface area (TPSA) is 12.0 Å². The van der Waals surface area contributed by atoms with Crippen LogP contribution in [0.5, 0.6) is 0 Å². The highest BCUT2D eigenvalue weighted by Gasteiger charge is 2.38. The number of halogens is 1. The third-order valence-corrected chi connectivity index (χ3v) is 5.04. The summed E-state index contributed by atoms with van der Waals surface area (Å²) in [6, 6.07) is 7.25. The zero-order valence-electron chi connectivity index (χ0n) is 10.5. The molecule has 0 aromatic heterocycles. The van der Waals surface area contributed by atoms with Gasteiger partial charge in [-0.15, -0.1) is 0 Å². The largest absolute Gasteiger partial charge is 0.309 e. The van der Waals surface area contributed by atoms with Crippen molar-refractivity contribution in [2.45, 2.75) is 37.5 Å². The van der Waals surface area contributed by atoms with Crippen LogP contribution in [0.1, 0.15) is 38.3 Å². The van der Waals surface area contributed by atoms with Crippen LogP contribution in [0.2, 0.25) is 0 Å². The second kappa shape index (κ2) is 5.40. The summed E-state index contributed by atoms with van der Waals surface area (Å²) in [7, 11) is 0. The van der Waals surface area contributed by atoms with Crippen molar-refractivity contribution < 1.29 is 4.39 Å². The van der Waals surface area contributed by atoms with Crippen molar-refractivity contribution in [1.29, 1.82) is 0 Å². The van der Waals surface area contributed by atoms with Crippen LogP contribution in [0.25, 0.3) is 0 Å². The summed E-state index contributed by atoms with van der Waals surface area (Å²) in [5.74, 6) is 1.07. The lowest BCUT2D eigenvalue weighted by Crippen LogP contribution is -2.37. The van der Waals surface area contributed by atoms with Gasteiger partial charge in [-0.25, -0.2) is 4.39 Å². The molecule has 0 radical (unpaired) electrons. The number of nitrogens with one attached hydrogen (secondary N) is 1. The molecule has 0 bridgehead atoms. The van der Waals surface area contributed by atoms with Crippen LogP contribution in [0.15, 0.2) is 24.3 Å². The first-order chi connectivity index (χ1) is 8.15. The lowest BCUT2D eigenvalue weighted by molar-refractivity contribution is 0.420. The van der Waals surface area contributed by atoms with Crippen molar-refractivity contribution >= 4 is 11.8 Å². The van der Waals surface area contributed by atoms with E-state index in [2.05, 4.69) is 19.2 Å². The number of benzene rings is 1. The molecule has 1 heterocycles. The van der Waals surface area contributed by atoms with E-state index in [1.165, 1.54) is 24.7 Å². The minimum Gasteiger partial charge on any atom is -0.309 e. The van der Waals surface area contributed by atoms with Crippen LogP contribution < -0.4 is 5.32 Å². The Morgan fingerprint density at radius 1 is 1.53 bits per heavy atom. The van der Waals surface area contributed by atoms with Crippen molar-refractivity contribution in [1.82, 2.24) is 5.32 Å². The van der Waals surface area contributed by atoms with E-state index in [4.69, 9.17) is 0 Å². The summed E-state index contributed by atoms with van der Waals surface area (Å²) in [4.78, 5) is 0. The van der Waals surface area contributed by atoms with Gasteiger partial charge < -0.3 is 5.32 Å². The van der Waals surface area contributed by atoms with Gasteiger partial charge in [0.25, 0.3) is 0 Å². The summed E-state index contributed by atoms with van der Waals surface area (Å²) >= 11 is 2.01. The summed E-state index contributed by atoms with van der Waals surface area (Å²) in [6.07, 6.45) is 2.46. The highest BCUT2D eigenvalue weighted by atomic mass is 32.2. The predicted octanol–water partition coefficient (Wildman–Crippen LogP) is 3.76. The second-order valence-corrected chi connectivity index (χ2v) is 6.44. The number of rotatable bonds is 4. The van der Waals surface area contributed by atoms with Crippen molar-refractivity contribution in [3.63, 3.8) is 0 Å². The minimum atomic E-state index is -0.142. The molecular weight excluding hydrogens is 233 g/mol. The third-order valence-electron chi connectivity index (χ3n) is 3.45. The zero-order valence-corrected chi connectivity index (χ0v) is 11.3. The zero-order chi connectivity index (χ0) is 12.3. The molecule has 1 aliphatic rings. The molecule has 0 saturated carbocycles. The predicted molar refractivity (Wildman–Crippen MR) is 72.9 cm³/mol. The molecule has 2 atom stereocenters. The monoisotopic (exact) mass is 253 g/mol. The molecule has 1 saturated heterocycles. The van der Waals surface area contributed by atoms with E-state index in [0.717, 1.165) is 12.1 Å². The maximum Gasteiger partial charge on any atom is 0.123 e. The van der Waals surface area contributed by atoms with Gasteiger partial charge in [-0.3, -0.25) is 0 Å². The Hall–Kier alpha value is -0.540. The van der Waals surface area contributed by atoms with Crippen LogP contribution in [0, 0.1) is 5.82 Å². The van der Waals surface area contributed by atoms with Gasteiger partial charge in [0.15, 0.2) is 0 Å². The maximum absolute atomic E-state index is 13.3. The molecule has 1 aliphatic heterocycles. The Labute approximate surface area is 107 Å². The van der Waals surface area contributed by atoms with E-state index >= 15 is 0 Å². The van der Waals surface area contributed by atoms with Gasteiger partial charge in [0.2, 0.25) is 0 Å². The molecule has 3 heteroatoms. The smallest absolute Gasteiger partial charge is 0.123 e. The Morgan fingerprint density at radius 3 is 2.94 bits per heavy atom. The number of thioether (sulfide) groups is 1. The molecule has 94 valence electrons. The van der Waals surface area contributed by atoms with E-state index < -0.39 is 0 Å². The molecule has 2 rings (SSSR count). The molecule has 0 amide bonds. The van der Waals surface area contributed by atoms with E-state index in [0.29, 0.717) is 0 Å². The van der Waals surface area contributed by atoms with Gasteiger partial charge in [0.1, 0.15) is 5.82 Å². The van der Waals surface area contributed by atoms with Crippen molar-refractivity contribution in [3.05, 3.63) is 35.6 Å². The van der Waals surface area contributed by atoms with Gasteiger partial charge in [0, 0.05) is 10.8 Å². The fraction of sp³-hybridized carbons (Fsp3) is 0.571. The van der Waals surface area contributed by atoms with E-state index in [1.54, 1.807) is 12.1 Å². The highest BCUT2D eigenvalue weighted by molar-refractivity contribution is 8.00. The van der Waals surface area contributed by atoms with Gasteiger partial charge in [-0.05, 0) is 49.8 Å². The van der Waals surface area contributed by atoms with Gasteiger partial charge in [-0.1, -0.05) is 19.1 Å². The average Bonchev–Trinajstić information content (AvgIpc) is 2.74. The maximum atomic E-state index is 13.3. The SMILES string of the molecule is CCNC(c1cccc(F)c1)C1(C)CCCS1. The van der Waals surface area contributed by atoms with Crippen LogP contribution in [-0.4, -0.2) is 17.0 Å². The lowest BCUT2D eigenvalue weighted by atomic mass is 9.90. The van der Waals surface area contributed by atoms with Crippen LogP contribution >= 0.6 is 11.8 Å². The Morgan fingerprint density at radius 2 is 2.35 bits per heavy atom. The molecular formula is C14H20FNS. The number of hydrogen-bond acceptors (Lipinski definition) is 2. The molecule has 1 fully saturated rings. The minimum absolute atomic E-state index is 0.142. The molecule has 0 aliphatic carbocycles. The summed E-state index contributed by atoms with van der Waals surface area (Å²) < 4.78 is 13.5. The third kappa shape index (κ3) is 2.83. The molecule has 1 N–H and O–H groups in total. The average molecular weight is 253 g/mol. The van der Waals surface area contributed by atoms with Crippen molar-refractivity contribution in [2.24, 2.45) is 0 Å². The summed E-state index contributed by atoms with van der Waals surface area (Å²) in [5, 5.41) is 3.52. The molecule has 2 unspecified atom stereocenters.